The maximum absolute atomic E-state index is 12.4. The molecule has 3 N–H and O–H groups in total. The summed E-state index contributed by atoms with van der Waals surface area (Å²) in [5.74, 6) is -1.48. The number of amides is 2. The van der Waals surface area contributed by atoms with Crippen molar-refractivity contribution < 1.29 is 29.3 Å². The summed E-state index contributed by atoms with van der Waals surface area (Å²) in [5, 5.41) is 21.3. The highest BCUT2D eigenvalue weighted by Gasteiger charge is 2.45. The van der Waals surface area contributed by atoms with Crippen molar-refractivity contribution in [2.45, 2.75) is 31.4 Å². The molecule has 136 valence electrons. The number of para-hydroxylation sites is 1. The number of aliphatic hydroxyl groups is 1. The number of aliphatic carboxylic acids is 1. The lowest BCUT2D eigenvalue weighted by molar-refractivity contribution is -0.162. The SMILES string of the molecule is CC(=O)NC(CO)C(=O)N1CCC(Oc2ccccc2)(C(=O)O)CC1. The topological polar surface area (TPSA) is 116 Å². The molecule has 1 aliphatic rings. The second-order valence-electron chi connectivity index (χ2n) is 5.98. The van der Waals surface area contributed by atoms with Crippen molar-refractivity contribution in [2.24, 2.45) is 0 Å². The number of carbonyl (C=O) groups is 3. The summed E-state index contributed by atoms with van der Waals surface area (Å²) < 4.78 is 5.73. The van der Waals surface area contributed by atoms with Crippen LogP contribution in [0.3, 0.4) is 0 Å². The number of piperidine rings is 1. The highest BCUT2D eigenvalue weighted by Crippen LogP contribution is 2.29. The quantitative estimate of drug-likeness (QED) is 0.665. The Kier molecular flexibility index (Phi) is 5.97. The van der Waals surface area contributed by atoms with E-state index < -0.39 is 36.0 Å². The molecule has 1 atom stereocenters. The maximum Gasteiger partial charge on any atom is 0.348 e. The van der Waals surface area contributed by atoms with Crippen LogP contribution in [0.2, 0.25) is 0 Å². The zero-order valence-electron chi connectivity index (χ0n) is 14.0. The lowest BCUT2D eigenvalue weighted by atomic mass is 9.90. The Morgan fingerprint density at radius 2 is 1.84 bits per heavy atom. The first kappa shape index (κ1) is 18.7. The van der Waals surface area contributed by atoms with E-state index in [9.17, 15) is 24.6 Å². The maximum atomic E-state index is 12.4. The van der Waals surface area contributed by atoms with Gasteiger partial charge in [-0.05, 0) is 12.1 Å². The zero-order chi connectivity index (χ0) is 18.4. The van der Waals surface area contributed by atoms with E-state index in [0.717, 1.165) is 0 Å². The molecule has 1 aromatic carbocycles. The van der Waals surface area contributed by atoms with E-state index >= 15 is 0 Å². The van der Waals surface area contributed by atoms with Gasteiger partial charge in [0.1, 0.15) is 11.8 Å². The fourth-order valence-corrected chi connectivity index (χ4v) is 2.81. The van der Waals surface area contributed by atoms with Crippen molar-refractivity contribution in [3.63, 3.8) is 0 Å². The highest BCUT2D eigenvalue weighted by atomic mass is 16.5. The molecule has 0 saturated carbocycles. The predicted molar refractivity (Wildman–Crippen MR) is 87.9 cm³/mol. The number of benzene rings is 1. The van der Waals surface area contributed by atoms with Gasteiger partial charge in [0.15, 0.2) is 0 Å². The van der Waals surface area contributed by atoms with Crippen LogP contribution in [-0.2, 0) is 14.4 Å². The normalized spacial score (nSPS) is 17.4. The van der Waals surface area contributed by atoms with Gasteiger partial charge in [-0.3, -0.25) is 9.59 Å². The Labute approximate surface area is 145 Å². The number of carboxylic acid groups (broad SMARTS) is 1. The van der Waals surface area contributed by atoms with Crippen LogP contribution in [0.15, 0.2) is 30.3 Å². The molecule has 1 unspecified atom stereocenters. The molecule has 1 heterocycles. The van der Waals surface area contributed by atoms with Gasteiger partial charge in [0, 0.05) is 32.9 Å². The average Bonchev–Trinajstić information content (AvgIpc) is 2.60. The molecule has 2 rings (SSSR count). The second-order valence-corrected chi connectivity index (χ2v) is 5.98. The molecule has 1 aromatic rings. The third kappa shape index (κ3) is 4.48. The average molecular weight is 350 g/mol. The number of aliphatic hydroxyl groups excluding tert-OH is 1. The van der Waals surface area contributed by atoms with Crippen LogP contribution >= 0.6 is 0 Å². The van der Waals surface area contributed by atoms with E-state index in [-0.39, 0.29) is 25.9 Å². The van der Waals surface area contributed by atoms with Gasteiger partial charge in [0.25, 0.3) is 0 Å². The summed E-state index contributed by atoms with van der Waals surface area (Å²) in [7, 11) is 0. The van der Waals surface area contributed by atoms with Crippen LogP contribution in [0, 0.1) is 0 Å². The van der Waals surface area contributed by atoms with Gasteiger partial charge in [-0.25, -0.2) is 4.79 Å². The summed E-state index contributed by atoms with van der Waals surface area (Å²) in [6.45, 7) is 1.07. The molecule has 1 fully saturated rings. The Morgan fingerprint density at radius 1 is 1.24 bits per heavy atom. The molecule has 1 aliphatic heterocycles. The van der Waals surface area contributed by atoms with Crippen molar-refractivity contribution in [3.8, 4) is 5.75 Å². The fourth-order valence-electron chi connectivity index (χ4n) is 2.81. The van der Waals surface area contributed by atoms with E-state index in [1.165, 1.54) is 11.8 Å². The van der Waals surface area contributed by atoms with Gasteiger partial charge in [-0.1, -0.05) is 18.2 Å². The number of ether oxygens (including phenoxy) is 1. The largest absolute Gasteiger partial charge is 0.478 e. The number of likely N-dealkylation sites (tertiary alicyclic amines) is 1. The first-order valence-electron chi connectivity index (χ1n) is 8.02. The molecule has 25 heavy (non-hydrogen) atoms. The molecule has 1 saturated heterocycles. The van der Waals surface area contributed by atoms with Crippen molar-refractivity contribution in [3.05, 3.63) is 30.3 Å². The minimum atomic E-state index is -1.40. The lowest BCUT2D eigenvalue weighted by Gasteiger charge is -2.39. The fraction of sp³-hybridized carbons (Fsp3) is 0.471. The first-order chi connectivity index (χ1) is 11.9. The third-order valence-electron chi connectivity index (χ3n) is 4.19. The first-order valence-corrected chi connectivity index (χ1v) is 8.02. The van der Waals surface area contributed by atoms with Crippen LogP contribution in [0.4, 0.5) is 0 Å². The Balaban J connectivity index is 2.05. The zero-order valence-corrected chi connectivity index (χ0v) is 14.0. The van der Waals surface area contributed by atoms with Crippen molar-refractivity contribution in [1.82, 2.24) is 10.2 Å². The summed E-state index contributed by atoms with van der Waals surface area (Å²) >= 11 is 0. The molecule has 2 amide bonds. The molecule has 0 spiro atoms. The molecule has 8 nitrogen and oxygen atoms in total. The van der Waals surface area contributed by atoms with Crippen LogP contribution in [0.1, 0.15) is 19.8 Å². The van der Waals surface area contributed by atoms with Gasteiger partial charge in [0.05, 0.1) is 6.61 Å². The molecule has 8 heteroatoms. The molecular formula is C17H22N2O6. The van der Waals surface area contributed by atoms with Gasteiger partial charge in [0.2, 0.25) is 17.4 Å². The van der Waals surface area contributed by atoms with Gasteiger partial charge in [-0.2, -0.15) is 0 Å². The predicted octanol–water partition coefficient (Wildman–Crippen LogP) is 0.00820. The van der Waals surface area contributed by atoms with Gasteiger partial charge >= 0.3 is 5.97 Å². The molecular weight excluding hydrogens is 328 g/mol. The van der Waals surface area contributed by atoms with E-state index in [2.05, 4.69) is 5.32 Å². The van der Waals surface area contributed by atoms with Crippen LogP contribution in [0.5, 0.6) is 5.75 Å². The van der Waals surface area contributed by atoms with E-state index in [0.29, 0.717) is 5.75 Å². The summed E-state index contributed by atoms with van der Waals surface area (Å²) in [6.07, 6.45) is 0.225. The lowest BCUT2D eigenvalue weighted by Crippen LogP contribution is -2.58. The monoisotopic (exact) mass is 350 g/mol. The number of hydrogen-bond acceptors (Lipinski definition) is 5. The molecule has 0 aromatic heterocycles. The molecule has 0 bridgehead atoms. The smallest absolute Gasteiger partial charge is 0.348 e. The number of nitrogens with zero attached hydrogens (tertiary/aromatic N) is 1. The number of carboxylic acids is 1. The second kappa shape index (κ2) is 7.98. The molecule has 0 aliphatic carbocycles. The number of nitrogens with one attached hydrogen (secondary N) is 1. The Hall–Kier alpha value is -2.61. The van der Waals surface area contributed by atoms with Crippen LogP contribution in [-0.4, -0.2) is 64.2 Å². The Morgan fingerprint density at radius 3 is 2.32 bits per heavy atom. The van der Waals surface area contributed by atoms with Crippen molar-refractivity contribution in [2.75, 3.05) is 19.7 Å². The van der Waals surface area contributed by atoms with Gasteiger partial charge < -0.3 is 25.2 Å². The minimum absolute atomic E-state index is 0.112. The molecule has 0 radical (unpaired) electrons. The number of carbonyl (C=O) groups excluding carboxylic acids is 2. The van der Waals surface area contributed by atoms with Crippen LogP contribution < -0.4 is 10.1 Å². The number of hydrogen-bond donors (Lipinski definition) is 3. The minimum Gasteiger partial charge on any atom is -0.478 e. The van der Waals surface area contributed by atoms with E-state index in [1.807, 2.05) is 0 Å². The number of rotatable bonds is 6. The van der Waals surface area contributed by atoms with Crippen LogP contribution in [0.25, 0.3) is 0 Å². The van der Waals surface area contributed by atoms with E-state index in [4.69, 9.17) is 4.74 Å². The summed E-state index contributed by atoms with van der Waals surface area (Å²) in [6, 6.07) is 7.65. The Bertz CT molecular complexity index is 625. The summed E-state index contributed by atoms with van der Waals surface area (Å²) in [5.41, 5.74) is -1.40. The van der Waals surface area contributed by atoms with E-state index in [1.54, 1.807) is 30.3 Å². The summed E-state index contributed by atoms with van der Waals surface area (Å²) in [4.78, 5) is 36.7. The van der Waals surface area contributed by atoms with Gasteiger partial charge in [-0.15, -0.1) is 0 Å². The van der Waals surface area contributed by atoms with Crippen molar-refractivity contribution >= 4 is 17.8 Å². The standard InChI is InChI=1S/C17H22N2O6/c1-12(21)18-14(11-20)15(22)19-9-7-17(8-10-19,16(23)24)25-13-5-3-2-4-6-13/h2-6,14,20H,7-11H2,1H3,(H,18,21)(H,23,24). The van der Waals surface area contributed by atoms with Crippen molar-refractivity contribution in [1.29, 1.82) is 0 Å². The third-order valence-corrected chi connectivity index (χ3v) is 4.19. The highest BCUT2D eigenvalue weighted by molar-refractivity contribution is 5.87.